The molecule has 23 heavy (non-hydrogen) atoms. The zero-order chi connectivity index (χ0) is 16.8. The van der Waals surface area contributed by atoms with Crippen molar-refractivity contribution in [2.24, 2.45) is 0 Å². The van der Waals surface area contributed by atoms with E-state index >= 15 is 0 Å². The van der Waals surface area contributed by atoms with Crippen molar-refractivity contribution in [3.8, 4) is 0 Å². The maximum Gasteiger partial charge on any atom is 0.222 e. The summed E-state index contributed by atoms with van der Waals surface area (Å²) >= 11 is 0. The van der Waals surface area contributed by atoms with Crippen LogP contribution in [-0.2, 0) is 11.2 Å². The highest BCUT2D eigenvalue weighted by molar-refractivity contribution is 5.76. The molecule has 1 aliphatic rings. The number of rotatable bonds is 5. The van der Waals surface area contributed by atoms with E-state index in [2.05, 4.69) is 53.1 Å². The molecule has 1 heterocycles. The molecule has 0 radical (unpaired) electrons. The van der Waals surface area contributed by atoms with Gasteiger partial charge < -0.3 is 14.7 Å². The van der Waals surface area contributed by atoms with Crippen molar-refractivity contribution in [3.63, 3.8) is 0 Å². The Morgan fingerprint density at radius 1 is 1.09 bits per heavy atom. The van der Waals surface area contributed by atoms with Crippen LogP contribution in [0.25, 0.3) is 0 Å². The molecule has 1 saturated heterocycles. The van der Waals surface area contributed by atoms with Gasteiger partial charge in [0.2, 0.25) is 5.91 Å². The van der Waals surface area contributed by atoms with E-state index in [-0.39, 0.29) is 0 Å². The second-order valence-corrected chi connectivity index (χ2v) is 6.99. The summed E-state index contributed by atoms with van der Waals surface area (Å²) in [5, 5.41) is 0. The number of carbonyl (C=O) groups excluding carboxylic acids is 1. The maximum absolute atomic E-state index is 12.5. The van der Waals surface area contributed by atoms with Gasteiger partial charge >= 0.3 is 0 Å². The van der Waals surface area contributed by atoms with E-state index in [0.717, 1.165) is 32.4 Å². The Hall–Kier alpha value is -1.55. The lowest BCUT2D eigenvalue weighted by atomic mass is 10.1. The Morgan fingerprint density at radius 2 is 1.78 bits per heavy atom. The van der Waals surface area contributed by atoms with Gasteiger partial charge in [0.05, 0.1) is 0 Å². The predicted octanol–water partition coefficient (Wildman–Crippen LogP) is 2.63. The highest BCUT2D eigenvalue weighted by atomic mass is 16.2. The molecule has 0 saturated carbocycles. The number of benzene rings is 1. The first-order chi connectivity index (χ1) is 11.0. The number of hydrogen-bond acceptors (Lipinski definition) is 3. The summed E-state index contributed by atoms with van der Waals surface area (Å²) in [7, 11) is 8.36. The summed E-state index contributed by atoms with van der Waals surface area (Å²) in [4.78, 5) is 18.9. The van der Waals surface area contributed by atoms with Gasteiger partial charge in [-0.25, -0.2) is 0 Å². The van der Waals surface area contributed by atoms with Crippen LogP contribution in [0.4, 0.5) is 5.69 Å². The minimum Gasteiger partial charge on any atom is -0.378 e. The molecule has 0 aromatic heterocycles. The maximum atomic E-state index is 12.5. The lowest BCUT2D eigenvalue weighted by Gasteiger charge is -2.23. The number of carbonyl (C=O) groups is 1. The molecule has 4 heteroatoms. The number of hydrogen-bond donors (Lipinski definition) is 0. The molecule has 0 aliphatic carbocycles. The summed E-state index contributed by atoms with van der Waals surface area (Å²) in [6.07, 6.45) is 4.86. The Bertz CT molecular complexity index is 496. The molecule has 1 aliphatic heterocycles. The Balaban J connectivity index is 1.82. The van der Waals surface area contributed by atoms with Crippen LogP contribution in [0.5, 0.6) is 0 Å². The molecular formula is C19H31N3O. The third kappa shape index (κ3) is 5.24. The fraction of sp³-hybridized carbons (Fsp3) is 0.632. The van der Waals surface area contributed by atoms with Crippen LogP contribution < -0.4 is 4.90 Å². The number of nitrogens with zero attached hydrogens (tertiary/aromatic N) is 3. The van der Waals surface area contributed by atoms with Crippen molar-refractivity contribution >= 4 is 11.6 Å². The smallest absolute Gasteiger partial charge is 0.222 e. The molecule has 0 bridgehead atoms. The van der Waals surface area contributed by atoms with Crippen molar-refractivity contribution in [1.82, 2.24) is 9.80 Å². The lowest BCUT2D eigenvalue weighted by molar-refractivity contribution is -0.131. The molecule has 128 valence electrons. The van der Waals surface area contributed by atoms with Crippen molar-refractivity contribution in [3.05, 3.63) is 29.8 Å². The van der Waals surface area contributed by atoms with E-state index in [9.17, 15) is 4.79 Å². The number of likely N-dealkylation sites (tertiary alicyclic amines) is 1. The van der Waals surface area contributed by atoms with Crippen molar-refractivity contribution in [2.45, 2.75) is 38.1 Å². The monoisotopic (exact) mass is 317 g/mol. The van der Waals surface area contributed by atoms with E-state index in [0.29, 0.717) is 18.4 Å². The third-order valence-electron chi connectivity index (χ3n) is 4.86. The number of amides is 1. The zero-order valence-electron chi connectivity index (χ0n) is 15.1. The minimum absolute atomic E-state index is 0.307. The van der Waals surface area contributed by atoms with Crippen LogP contribution in [0.3, 0.4) is 0 Å². The van der Waals surface area contributed by atoms with Crippen molar-refractivity contribution < 1.29 is 4.79 Å². The third-order valence-corrected chi connectivity index (χ3v) is 4.86. The summed E-state index contributed by atoms with van der Waals surface area (Å²) in [6, 6.07) is 9.12. The molecule has 1 aromatic rings. The number of anilines is 1. The van der Waals surface area contributed by atoms with Gasteiger partial charge in [-0.05, 0) is 57.5 Å². The van der Waals surface area contributed by atoms with Crippen LogP contribution in [0.15, 0.2) is 24.3 Å². The Kier molecular flexibility index (Phi) is 6.46. The molecule has 1 aromatic carbocycles. The molecule has 1 atom stereocenters. The minimum atomic E-state index is 0.307. The molecule has 1 unspecified atom stereocenters. The first-order valence-corrected chi connectivity index (χ1v) is 8.68. The largest absolute Gasteiger partial charge is 0.378 e. The number of aryl methyl sites for hydroxylation is 1. The van der Waals surface area contributed by atoms with E-state index in [1.54, 1.807) is 0 Å². The molecule has 0 spiro atoms. The standard InChI is InChI=1S/C19H31N3O/c1-20(2)17-6-5-14-22(15-13-17)19(23)12-9-16-7-10-18(11-8-16)21(3)4/h7-8,10-11,17H,5-6,9,12-15H2,1-4H3. The van der Waals surface area contributed by atoms with Gasteiger partial charge in [0, 0.05) is 45.3 Å². The fourth-order valence-corrected chi connectivity index (χ4v) is 3.21. The fourth-order valence-electron chi connectivity index (χ4n) is 3.21. The van der Waals surface area contributed by atoms with Gasteiger partial charge in [-0.15, -0.1) is 0 Å². The first kappa shape index (κ1) is 17.8. The lowest BCUT2D eigenvalue weighted by Crippen LogP contribution is -2.33. The molecule has 2 rings (SSSR count). The van der Waals surface area contributed by atoms with Gasteiger partial charge in [-0.3, -0.25) is 4.79 Å². The Labute approximate surface area is 141 Å². The zero-order valence-corrected chi connectivity index (χ0v) is 15.1. The Morgan fingerprint density at radius 3 is 2.39 bits per heavy atom. The topological polar surface area (TPSA) is 26.8 Å². The van der Waals surface area contributed by atoms with Crippen molar-refractivity contribution in [2.75, 3.05) is 46.2 Å². The van der Waals surface area contributed by atoms with E-state index < -0.39 is 0 Å². The van der Waals surface area contributed by atoms with Gasteiger partial charge in [0.25, 0.3) is 0 Å². The second kappa shape index (κ2) is 8.34. The predicted molar refractivity (Wildman–Crippen MR) is 97.0 cm³/mol. The molecule has 0 N–H and O–H groups in total. The average Bonchev–Trinajstić information content (AvgIpc) is 2.79. The summed E-state index contributed by atoms with van der Waals surface area (Å²) in [5.41, 5.74) is 2.44. The second-order valence-electron chi connectivity index (χ2n) is 6.99. The summed E-state index contributed by atoms with van der Waals surface area (Å²) < 4.78 is 0. The molecule has 4 nitrogen and oxygen atoms in total. The molecule has 1 amide bonds. The van der Waals surface area contributed by atoms with Crippen LogP contribution in [0, 0.1) is 0 Å². The van der Waals surface area contributed by atoms with Gasteiger partial charge in [0.1, 0.15) is 0 Å². The summed E-state index contributed by atoms with van der Waals surface area (Å²) in [6.45, 7) is 1.82. The summed E-state index contributed by atoms with van der Waals surface area (Å²) in [5.74, 6) is 0.307. The van der Waals surface area contributed by atoms with Crippen molar-refractivity contribution in [1.29, 1.82) is 0 Å². The highest BCUT2D eigenvalue weighted by Crippen LogP contribution is 2.17. The van der Waals surface area contributed by atoms with Crippen LogP contribution in [0.2, 0.25) is 0 Å². The van der Waals surface area contributed by atoms with Gasteiger partial charge in [-0.2, -0.15) is 0 Å². The normalized spacial score (nSPS) is 18.8. The quantitative estimate of drug-likeness (QED) is 0.835. The van der Waals surface area contributed by atoms with Gasteiger partial charge in [-0.1, -0.05) is 12.1 Å². The SMILES string of the molecule is CN(C)c1ccc(CCC(=O)N2CCCC(N(C)C)CC2)cc1. The van der Waals surface area contributed by atoms with Crippen LogP contribution in [0.1, 0.15) is 31.2 Å². The molecule has 1 fully saturated rings. The van der Waals surface area contributed by atoms with E-state index in [1.165, 1.54) is 17.7 Å². The van der Waals surface area contributed by atoms with Crippen LogP contribution in [-0.4, -0.2) is 63.0 Å². The first-order valence-electron chi connectivity index (χ1n) is 8.68. The molecular weight excluding hydrogens is 286 g/mol. The van der Waals surface area contributed by atoms with Gasteiger partial charge in [0.15, 0.2) is 0 Å². The highest BCUT2D eigenvalue weighted by Gasteiger charge is 2.21. The van der Waals surface area contributed by atoms with E-state index in [4.69, 9.17) is 0 Å². The average molecular weight is 317 g/mol. The van der Waals surface area contributed by atoms with Crippen LogP contribution >= 0.6 is 0 Å². The van der Waals surface area contributed by atoms with E-state index in [1.807, 2.05) is 14.1 Å².